The largest absolute Gasteiger partial charge is 0.376 e. The maximum Gasteiger partial charge on any atom is 0.258 e. The van der Waals surface area contributed by atoms with Gasteiger partial charge in [-0.2, -0.15) is 5.10 Å². The molecule has 2 aromatic rings. The highest BCUT2D eigenvalue weighted by Gasteiger charge is 2.13. The molecule has 2 heterocycles. The molecule has 2 rings (SSSR count). The van der Waals surface area contributed by atoms with Gasteiger partial charge in [0.25, 0.3) is 6.43 Å². The number of halogens is 2. The molecule has 0 radical (unpaired) electrons. The third kappa shape index (κ3) is 2.74. The van der Waals surface area contributed by atoms with Crippen molar-refractivity contribution in [3.05, 3.63) is 31.0 Å². The summed E-state index contributed by atoms with van der Waals surface area (Å²) in [5.74, 6) is 0.581. The first kappa shape index (κ1) is 11.4. The van der Waals surface area contributed by atoms with Gasteiger partial charge in [0, 0.05) is 0 Å². The smallest absolute Gasteiger partial charge is 0.258 e. The molecule has 90 valence electrons. The second kappa shape index (κ2) is 4.86. The number of nitrogens with zero attached hydrogens (tertiary/aromatic N) is 4. The van der Waals surface area contributed by atoms with E-state index in [1.165, 1.54) is 30.5 Å². The van der Waals surface area contributed by atoms with Gasteiger partial charge in [-0.15, -0.1) is 0 Å². The summed E-state index contributed by atoms with van der Waals surface area (Å²) in [5.41, 5.74) is 0.543. The lowest BCUT2D eigenvalue weighted by atomic mass is 10.3. The zero-order valence-corrected chi connectivity index (χ0v) is 9.09. The van der Waals surface area contributed by atoms with Crippen molar-refractivity contribution in [3.8, 4) is 5.82 Å². The van der Waals surface area contributed by atoms with E-state index in [2.05, 4.69) is 20.4 Å². The summed E-state index contributed by atoms with van der Waals surface area (Å²) >= 11 is 0. The molecule has 0 aliphatic heterocycles. The Morgan fingerprint density at radius 3 is 2.71 bits per heavy atom. The Morgan fingerprint density at radius 2 is 2.18 bits per heavy atom. The maximum atomic E-state index is 12.3. The molecule has 0 aliphatic carbocycles. The van der Waals surface area contributed by atoms with Crippen LogP contribution in [0.5, 0.6) is 0 Å². The molecule has 17 heavy (non-hydrogen) atoms. The molecule has 0 bridgehead atoms. The Bertz CT molecular complexity index is 454. The zero-order valence-electron chi connectivity index (χ0n) is 9.09. The van der Waals surface area contributed by atoms with Crippen LogP contribution in [0, 0.1) is 0 Å². The first-order chi connectivity index (χ1) is 8.16. The normalized spacial score (nSPS) is 12.7. The molecule has 2 aromatic heterocycles. The van der Waals surface area contributed by atoms with E-state index in [-0.39, 0.29) is 0 Å². The minimum Gasteiger partial charge on any atom is -0.376 e. The van der Waals surface area contributed by atoms with Gasteiger partial charge in [-0.25, -0.2) is 23.4 Å². The van der Waals surface area contributed by atoms with Crippen molar-refractivity contribution in [1.29, 1.82) is 0 Å². The molecule has 5 nitrogen and oxygen atoms in total. The van der Waals surface area contributed by atoms with E-state index in [1.54, 1.807) is 12.1 Å². The number of nitrogens with one attached hydrogen (secondary N) is 1. The summed E-state index contributed by atoms with van der Waals surface area (Å²) in [4.78, 5) is 7.88. The molecule has 0 aliphatic rings. The van der Waals surface area contributed by atoms with Crippen LogP contribution >= 0.6 is 0 Å². The summed E-state index contributed by atoms with van der Waals surface area (Å²) in [6.45, 7) is 1.41. The zero-order chi connectivity index (χ0) is 12.3. The standard InChI is InChI=1S/C10H11F2N5/c1-7(10(11)12)16-8-2-3-9(14-4-8)17-6-13-5-15-17/h2-7,10,16H,1H3. The third-order valence-corrected chi connectivity index (χ3v) is 2.17. The van der Waals surface area contributed by atoms with Crippen molar-refractivity contribution in [2.24, 2.45) is 0 Å². The van der Waals surface area contributed by atoms with Crippen molar-refractivity contribution >= 4 is 5.69 Å². The highest BCUT2D eigenvalue weighted by Crippen LogP contribution is 2.12. The van der Waals surface area contributed by atoms with Crippen molar-refractivity contribution in [3.63, 3.8) is 0 Å². The molecule has 0 spiro atoms. The molecule has 0 saturated heterocycles. The predicted octanol–water partition coefficient (Wildman–Crippen LogP) is 1.73. The van der Waals surface area contributed by atoms with Crippen molar-refractivity contribution < 1.29 is 8.78 Å². The van der Waals surface area contributed by atoms with Gasteiger partial charge in [0.15, 0.2) is 5.82 Å². The predicted molar refractivity (Wildman–Crippen MR) is 58.2 cm³/mol. The van der Waals surface area contributed by atoms with Crippen LogP contribution in [0.3, 0.4) is 0 Å². The van der Waals surface area contributed by atoms with E-state index in [0.29, 0.717) is 11.5 Å². The minimum atomic E-state index is -2.41. The number of aromatic nitrogens is 4. The molecule has 1 atom stereocenters. The number of rotatable bonds is 4. The van der Waals surface area contributed by atoms with Crippen LogP contribution in [0.4, 0.5) is 14.5 Å². The van der Waals surface area contributed by atoms with Gasteiger partial charge >= 0.3 is 0 Å². The topological polar surface area (TPSA) is 55.6 Å². The SMILES string of the molecule is CC(Nc1ccc(-n2cncn2)nc1)C(F)F. The van der Waals surface area contributed by atoms with Crippen molar-refractivity contribution in [2.75, 3.05) is 5.32 Å². The lowest BCUT2D eigenvalue weighted by Gasteiger charge is -2.13. The van der Waals surface area contributed by atoms with Gasteiger partial charge in [-0.3, -0.25) is 0 Å². The van der Waals surface area contributed by atoms with Crippen LogP contribution in [0.1, 0.15) is 6.92 Å². The summed E-state index contributed by atoms with van der Waals surface area (Å²) < 4.78 is 26.1. The summed E-state index contributed by atoms with van der Waals surface area (Å²) in [7, 11) is 0. The number of alkyl halides is 2. The van der Waals surface area contributed by atoms with Crippen molar-refractivity contribution in [2.45, 2.75) is 19.4 Å². The molecular formula is C10H11F2N5. The summed E-state index contributed by atoms with van der Waals surface area (Å²) in [5, 5.41) is 6.56. The summed E-state index contributed by atoms with van der Waals surface area (Å²) in [6.07, 6.45) is 1.98. The van der Waals surface area contributed by atoms with E-state index < -0.39 is 12.5 Å². The lowest BCUT2D eigenvalue weighted by Crippen LogP contribution is -2.23. The highest BCUT2D eigenvalue weighted by atomic mass is 19.3. The Morgan fingerprint density at radius 1 is 1.35 bits per heavy atom. The molecular weight excluding hydrogens is 228 g/mol. The van der Waals surface area contributed by atoms with Gasteiger partial charge in [0.1, 0.15) is 12.7 Å². The van der Waals surface area contributed by atoms with Crippen LogP contribution in [0.2, 0.25) is 0 Å². The first-order valence-electron chi connectivity index (χ1n) is 5.02. The quantitative estimate of drug-likeness (QED) is 0.882. The molecule has 0 fully saturated rings. The second-order valence-electron chi connectivity index (χ2n) is 3.51. The Kier molecular flexibility index (Phi) is 3.27. The molecule has 0 aromatic carbocycles. The van der Waals surface area contributed by atoms with Gasteiger partial charge < -0.3 is 5.32 Å². The van der Waals surface area contributed by atoms with Gasteiger partial charge in [-0.1, -0.05) is 0 Å². The Labute approximate surface area is 96.5 Å². The summed E-state index contributed by atoms with van der Waals surface area (Å²) in [6, 6.07) is 2.44. The van der Waals surface area contributed by atoms with Gasteiger partial charge in [0.2, 0.25) is 0 Å². The van der Waals surface area contributed by atoms with E-state index >= 15 is 0 Å². The number of anilines is 1. The van der Waals surface area contributed by atoms with Crippen LogP contribution in [0.15, 0.2) is 31.0 Å². The lowest BCUT2D eigenvalue weighted by molar-refractivity contribution is 0.130. The number of hydrogen-bond donors (Lipinski definition) is 1. The molecule has 1 unspecified atom stereocenters. The van der Waals surface area contributed by atoms with Crippen LogP contribution < -0.4 is 5.32 Å². The van der Waals surface area contributed by atoms with Crippen LogP contribution in [-0.2, 0) is 0 Å². The molecule has 0 saturated carbocycles. The molecule has 1 N–H and O–H groups in total. The van der Waals surface area contributed by atoms with Gasteiger partial charge in [0.05, 0.1) is 17.9 Å². The highest BCUT2D eigenvalue weighted by molar-refractivity contribution is 5.44. The fourth-order valence-electron chi connectivity index (χ4n) is 1.26. The number of hydrogen-bond acceptors (Lipinski definition) is 4. The fraction of sp³-hybridized carbons (Fsp3) is 0.300. The van der Waals surface area contributed by atoms with Crippen molar-refractivity contribution in [1.82, 2.24) is 19.7 Å². The first-order valence-corrected chi connectivity index (χ1v) is 5.02. The van der Waals surface area contributed by atoms with Crippen LogP contribution in [-0.4, -0.2) is 32.2 Å². The monoisotopic (exact) mass is 239 g/mol. The second-order valence-corrected chi connectivity index (χ2v) is 3.51. The van der Waals surface area contributed by atoms with Gasteiger partial charge in [-0.05, 0) is 19.1 Å². The fourth-order valence-corrected chi connectivity index (χ4v) is 1.26. The average Bonchev–Trinajstić information content (AvgIpc) is 2.83. The Balaban J connectivity index is 2.08. The third-order valence-electron chi connectivity index (χ3n) is 2.17. The van der Waals surface area contributed by atoms with Crippen LogP contribution in [0.25, 0.3) is 5.82 Å². The molecule has 0 amide bonds. The number of pyridine rings is 1. The Hall–Kier alpha value is -2.05. The van der Waals surface area contributed by atoms with E-state index in [0.717, 1.165) is 0 Å². The van der Waals surface area contributed by atoms with E-state index in [9.17, 15) is 8.78 Å². The average molecular weight is 239 g/mol. The minimum absolute atomic E-state index is 0.543. The maximum absolute atomic E-state index is 12.3. The molecule has 7 heteroatoms. The van der Waals surface area contributed by atoms with E-state index in [1.807, 2.05) is 0 Å². The van der Waals surface area contributed by atoms with E-state index in [4.69, 9.17) is 0 Å².